The van der Waals surface area contributed by atoms with E-state index in [4.69, 9.17) is 18.5 Å². The number of unbranched alkanes of at least 4 members (excludes halogenated alkanes) is 15. The van der Waals surface area contributed by atoms with Crippen LogP contribution in [0.4, 0.5) is 0 Å². The van der Waals surface area contributed by atoms with Gasteiger partial charge in [-0.1, -0.05) is 110 Å². The molecule has 0 fully saturated rings. The van der Waals surface area contributed by atoms with E-state index < -0.39 is 13.9 Å². The van der Waals surface area contributed by atoms with E-state index in [0.29, 0.717) is 24.1 Å². The van der Waals surface area contributed by atoms with E-state index in [2.05, 4.69) is 13.8 Å². The second kappa shape index (κ2) is 25.2. The summed E-state index contributed by atoms with van der Waals surface area (Å²) in [4.78, 5) is 22.5. The average Bonchev–Trinajstić information content (AvgIpc) is 2.86. The van der Waals surface area contributed by atoms with Crippen LogP contribution in [0.1, 0.15) is 129 Å². The van der Waals surface area contributed by atoms with Gasteiger partial charge >= 0.3 is 13.8 Å². The van der Waals surface area contributed by atoms with Crippen molar-refractivity contribution in [1.82, 2.24) is 0 Å². The molecule has 2 unspecified atom stereocenters. The van der Waals surface area contributed by atoms with Crippen LogP contribution in [-0.4, -0.2) is 75.6 Å². The van der Waals surface area contributed by atoms with Crippen molar-refractivity contribution >= 4 is 13.8 Å². The molecule has 0 amide bonds. The number of ether oxygens (including phenoxy) is 2. The number of quaternary nitrogens is 1. The fraction of sp³-hybridized carbons (Fsp3) is 0.967. The number of esters is 1. The van der Waals surface area contributed by atoms with Gasteiger partial charge < -0.3 is 18.9 Å². The van der Waals surface area contributed by atoms with Gasteiger partial charge in [0.2, 0.25) is 0 Å². The van der Waals surface area contributed by atoms with Crippen molar-refractivity contribution in [3.63, 3.8) is 0 Å². The first-order valence-electron chi connectivity index (χ1n) is 15.8. The number of rotatable bonds is 29. The van der Waals surface area contributed by atoms with Crippen LogP contribution < -0.4 is 0 Å². The standard InChI is InChI=1S/C30H62NO7P/c1-6-8-10-12-14-15-16-17-18-19-21-23-30(32)38-29(27-35-25-22-20-13-11-9-7-2)28-37-39(33,34)36-26-24-31(3,4)5/h29H,6-28H2,1-5H3/p+1. The van der Waals surface area contributed by atoms with Gasteiger partial charge in [0.1, 0.15) is 19.3 Å². The Bertz CT molecular complexity index is 613. The number of nitrogens with zero attached hydrogens (tertiary/aromatic N) is 1. The summed E-state index contributed by atoms with van der Waals surface area (Å²) in [6.45, 7) is 5.56. The van der Waals surface area contributed by atoms with Gasteiger partial charge in [-0.05, 0) is 12.8 Å². The molecule has 0 aromatic heterocycles. The number of phosphoric acid groups is 1. The highest BCUT2D eigenvalue weighted by atomic mass is 31.2. The van der Waals surface area contributed by atoms with Crippen molar-refractivity contribution in [3.8, 4) is 0 Å². The zero-order valence-electron chi connectivity index (χ0n) is 26.1. The summed E-state index contributed by atoms with van der Waals surface area (Å²) in [5, 5.41) is 0. The maximum absolute atomic E-state index is 12.5. The largest absolute Gasteiger partial charge is 0.472 e. The molecule has 0 saturated carbocycles. The Kier molecular flexibility index (Phi) is 24.9. The Balaban J connectivity index is 4.33. The number of phosphoric ester groups is 1. The third-order valence-corrected chi connectivity index (χ3v) is 7.65. The second-order valence-corrected chi connectivity index (χ2v) is 13.3. The van der Waals surface area contributed by atoms with E-state index in [1.807, 2.05) is 21.1 Å². The SMILES string of the molecule is CCCCCCCCCCCCCC(=O)OC(COCCCCCCCC)COP(=O)(O)OCC[N+](C)(C)C. The maximum atomic E-state index is 12.5. The Hall–Kier alpha value is -0.500. The lowest BCUT2D eigenvalue weighted by molar-refractivity contribution is -0.870. The minimum absolute atomic E-state index is 0.0924. The topological polar surface area (TPSA) is 91.3 Å². The van der Waals surface area contributed by atoms with Crippen molar-refractivity contribution in [2.75, 3.05) is 54.1 Å². The Labute approximate surface area is 240 Å². The van der Waals surface area contributed by atoms with E-state index in [1.54, 1.807) is 0 Å². The van der Waals surface area contributed by atoms with E-state index >= 15 is 0 Å². The first kappa shape index (κ1) is 38.5. The van der Waals surface area contributed by atoms with Crippen LogP contribution in [0.25, 0.3) is 0 Å². The fourth-order valence-electron chi connectivity index (χ4n) is 4.14. The zero-order valence-corrected chi connectivity index (χ0v) is 27.0. The summed E-state index contributed by atoms with van der Waals surface area (Å²) >= 11 is 0. The predicted molar refractivity (Wildman–Crippen MR) is 160 cm³/mol. The lowest BCUT2D eigenvalue weighted by Gasteiger charge is -2.24. The molecule has 0 rings (SSSR count). The minimum atomic E-state index is -4.24. The van der Waals surface area contributed by atoms with Crippen LogP contribution in [0.2, 0.25) is 0 Å². The van der Waals surface area contributed by atoms with Gasteiger partial charge in [-0.2, -0.15) is 0 Å². The highest BCUT2D eigenvalue weighted by molar-refractivity contribution is 7.47. The van der Waals surface area contributed by atoms with E-state index in [1.165, 1.54) is 77.0 Å². The summed E-state index contributed by atoms with van der Waals surface area (Å²) in [5.41, 5.74) is 0. The van der Waals surface area contributed by atoms with Crippen molar-refractivity contribution in [2.45, 2.75) is 136 Å². The number of carbonyl (C=O) groups is 1. The normalized spacial score (nSPS) is 14.3. The molecule has 0 aliphatic heterocycles. The number of hydrogen-bond donors (Lipinski definition) is 1. The van der Waals surface area contributed by atoms with Crippen LogP contribution in [-0.2, 0) is 27.9 Å². The Morgan fingerprint density at radius 3 is 1.69 bits per heavy atom. The molecule has 0 radical (unpaired) electrons. The quantitative estimate of drug-likeness (QED) is 0.0417. The zero-order chi connectivity index (χ0) is 29.2. The van der Waals surface area contributed by atoms with Crippen molar-refractivity contribution in [1.29, 1.82) is 0 Å². The summed E-state index contributed by atoms with van der Waals surface area (Å²) < 4.78 is 34.5. The molecule has 39 heavy (non-hydrogen) atoms. The van der Waals surface area contributed by atoms with Crippen molar-refractivity contribution in [2.24, 2.45) is 0 Å². The van der Waals surface area contributed by atoms with E-state index in [9.17, 15) is 14.3 Å². The van der Waals surface area contributed by atoms with Crippen LogP contribution >= 0.6 is 7.82 Å². The first-order valence-corrected chi connectivity index (χ1v) is 17.3. The smallest absolute Gasteiger partial charge is 0.457 e. The fourth-order valence-corrected chi connectivity index (χ4v) is 4.88. The summed E-state index contributed by atoms with van der Waals surface area (Å²) in [5.74, 6) is -0.318. The molecule has 9 heteroatoms. The van der Waals surface area contributed by atoms with Crippen molar-refractivity contribution < 1.29 is 37.3 Å². The first-order chi connectivity index (χ1) is 18.6. The molecule has 8 nitrogen and oxygen atoms in total. The average molecular weight is 581 g/mol. The molecule has 0 spiro atoms. The molecule has 0 saturated heterocycles. The molecule has 0 aliphatic rings. The monoisotopic (exact) mass is 580 g/mol. The van der Waals surface area contributed by atoms with Crippen LogP contribution in [0, 0.1) is 0 Å². The van der Waals surface area contributed by atoms with Crippen LogP contribution in [0.5, 0.6) is 0 Å². The highest BCUT2D eigenvalue weighted by Crippen LogP contribution is 2.43. The van der Waals surface area contributed by atoms with E-state index in [0.717, 1.165) is 32.1 Å². The van der Waals surface area contributed by atoms with Gasteiger partial charge in [-0.3, -0.25) is 13.8 Å². The predicted octanol–water partition coefficient (Wildman–Crippen LogP) is 7.82. The summed E-state index contributed by atoms with van der Waals surface area (Å²) in [6.07, 6.45) is 19.9. The summed E-state index contributed by atoms with van der Waals surface area (Å²) in [6, 6.07) is 0. The van der Waals surface area contributed by atoms with Gasteiger partial charge in [-0.15, -0.1) is 0 Å². The number of carbonyl (C=O) groups excluding carboxylic acids is 1. The molecule has 1 N–H and O–H groups in total. The van der Waals surface area contributed by atoms with Gasteiger partial charge in [0, 0.05) is 13.0 Å². The Morgan fingerprint density at radius 1 is 0.692 bits per heavy atom. The molecule has 0 aromatic carbocycles. The second-order valence-electron chi connectivity index (χ2n) is 11.9. The molecule has 0 heterocycles. The lowest BCUT2D eigenvalue weighted by Crippen LogP contribution is -2.37. The molecule has 0 bridgehead atoms. The molecular weight excluding hydrogens is 517 g/mol. The minimum Gasteiger partial charge on any atom is -0.457 e. The van der Waals surface area contributed by atoms with E-state index in [-0.39, 0.29) is 25.8 Å². The van der Waals surface area contributed by atoms with Gasteiger partial charge in [0.05, 0.1) is 34.4 Å². The molecule has 0 aliphatic carbocycles. The van der Waals surface area contributed by atoms with Gasteiger partial charge in [0.25, 0.3) is 0 Å². The third kappa shape index (κ3) is 28.8. The third-order valence-electron chi connectivity index (χ3n) is 6.67. The molecule has 2 atom stereocenters. The van der Waals surface area contributed by atoms with Gasteiger partial charge in [0.15, 0.2) is 0 Å². The Morgan fingerprint density at radius 2 is 1.18 bits per heavy atom. The van der Waals surface area contributed by atoms with Crippen molar-refractivity contribution in [3.05, 3.63) is 0 Å². The maximum Gasteiger partial charge on any atom is 0.472 e. The number of likely N-dealkylation sites (N-methyl/N-ethyl adjacent to an activating group) is 1. The molecular formula is C30H63NO7P+. The van der Waals surface area contributed by atoms with Gasteiger partial charge in [-0.25, -0.2) is 4.57 Å². The lowest BCUT2D eigenvalue weighted by atomic mass is 10.1. The highest BCUT2D eigenvalue weighted by Gasteiger charge is 2.26. The number of hydrogen-bond acceptors (Lipinski definition) is 6. The van der Waals surface area contributed by atoms with Crippen LogP contribution in [0.3, 0.4) is 0 Å². The summed E-state index contributed by atoms with van der Waals surface area (Å²) in [7, 11) is 1.67. The molecule has 0 aromatic rings. The van der Waals surface area contributed by atoms with Crippen LogP contribution in [0.15, 0.2) is 0 Å². The molecule has 234 valence electrons.